The number of para-hydroxylation sites is 1. The standard InChI is InChI=1S/C48H27N7/c1-51-42-19-11-10-18-38(42)35-22-25-44-40(28-35)39-27-34(37-17-9-8-16-36(37)30-50)21-24-43(39)55(44)45-23-20-31(29-49)26-41(45)48-53-46(32-12-4-2-5-13-32)52-47(54-48)33-14-6-3-7-15-33/h2-28H. The molecule has 0 N–H and O–H groups in total. The lowest BCUT2D eigenvalue weighted by molar-refractivity contribution is 1.06. The average molecular weight is 702 g/mol. The van der Waals surface area contributed by atoms with Crippen molar-refractivity contribution in [3.05, 3.63) is 186 Å². The van der Waals surface area contributed by atoms with Crippen molar-refractivity contribution in [1.29, 1.82) is 10.5 Å². The van der Waals surface area contributed by atoms with Crippen LogP contribution in [0.2, 0.25) is 0 Å². The summed E-state index contributed by atoms with van der Waals surface area (Å²) < 4.78 is 2.18. The molecule has 2 aromatic heterocycles. The SMILES string of the molecule is [C-]#[N+]c1ccccc1-c1ccc2c(c1)c1cc(-c3ccccc3C#N)ccc1n2-c1ccc(C#N)cc1-c1nc(-c2ccccc2)nc(-c2ccccc2)n1. The van der Waals surface area contributed by atoms with Crippen molar-refractivity contribution in [2.75, 3.05) is 0 Å². The van der Waals surface area contributed by atoms with Gasteiger partial charge in [0.15, 0.2) is 23.2 Å². The van der Waals surface area contributed by atoms with E-state index in [0.29, 0.717) is 39.9 Å². The second-order valence-corrected chi connectivity index (χ2v) is 13.0. The van der Waals surface area contributed by atoms with Crippen molar-refractivity contribution in [2.24, 2.45) is 0 Å². The minimum Gasteiger partial charge on any atom is -0.308 e. The summed E-state index contributed by atoms with van der Waals surface area (Å²) in [5, 5.41) is 22.1. The monoisotopic (exact) mass is 701 g/mol. The molecule has 9 aromatic rings. The van der Waals surface area contributed by atoms with Crippen LogP contribution in [0.3, 0.4) is 0 Å². The molecule has 7 aromatic carbocycles. The number of nitriles is 2. The van der Waals surface area contributed by atoms with Gasteiger partial charge in [-0.15, -0.1) is 0 Å². The van der Waals surface area contributed by atoms with E-state index >= 15 is 0 Å². The van der Waals surface area contributed by atoms with E-state index < -0.39 is 0 Å². The zero-order valence-electron chi connectivity index (χ0n) is 29.2. The zero-order valence-corrected chi connectivity index (χ0v) is 29.2. The van der Waals surface area contributed by atoms with E-state index in [4.69, 9.17) is 21.5 Å². The Morgan fingerprint density at radius 3 is 1.62 bits per heavy atom. The van der Waals surface area contributed by atoms with Gasteiger partial charge in [-0.05, 0) is 70.8 Å². The molecule has 0 saturated heterocycles. The molecular weight excluding hydrogens is 675 g/mol. The normalized spacial score (nSPS) is 10.9. The molecule has 0 saturated carbocycles. The van der Waals surface area contributed by atoms with E-state index in [1.54, 1.807) is 0 Å². The zero-order chi connectivity index (χ0) is 37.3. The first kappa shape index (κ1) is 32.7. The summed E-state index contributed by atoms with van der Waals surface area (Å²) in [6.07, 6.45) is 0. The molecule has 7 nitrogen and oxygen atoms in total. The molecule has 0 atom stereocenters. The van der Waals surface area contributed by atoms with Gasteiger partial charge in [0.1, 0.15) is 0 Å². The Balaban J connectivity index is 1.35. The van der Waals surface area contributed by atoms with Gasteiger partial charge in [0.25, 0.3) is 0 Å². The molecule has 9 rings (SSSR count). The number of nitrogens with zero attached hydrogens (tertiary/aromatic N) is 7. The Morgan fingerprint density at radius 1 is 0.473 bits per heavy atom. The second-order valence-electron chi connectivity index (χ2n) is 13.0. The highest BCUT2D eigenvalue weighted by atomic mass is 15.1. The van der Waals surface area contributed by atoms with Crippen LogP contribution in [0.1, 0.15) is 11.1 Å². The van der Waals surface area contributed by atoms with Crippen LogP contribution in [0, 0.1) is 29.2 Å². The highest BCUT2D eigenvalue weighted by molar-refractivity contribution is 6.12. The predicted molar refractivity (Wildman–Crippen MR) is 217 cm³/mol. The minimum absolute atomic E-state index is 0.428. The number of aromatic nitrogens is 4. The minimum atomic E-state index is 0.428. The first-order chi connectivity index (χ1) is 27.1. The van der Waals surface area contributed by atoms with E-state index in [0.717, 1.165) is 60.9 Å². The van der Waals surface area contributed by atoms with Gasteiger partial charge >= 0.3 is 0 Å². The molecule has 0 aliphatic heterocycles. The largest absolute Gasteiger partial charge is 0.308 e. The van der Waals surface area contributed by atoms with E-state index in [-0.39, 0.29) is 0 Å². The Bertz CT molecular complexity index is 2900. The number of hydrogen-bond acceptors (Lipinski definition) is 5. The lowest BCUT2D eigenvalue weighted by Gasteiger charge is -2.15. The fourth-order valence-electron chi connectivity index (χ4n) is 7.17. The number of hydrogen-bond donors (Lipinski definition) is 0. The molecule has 55 heavy (non-hydrogen) atoms. The molecular formula is C48H27N7. The van der Waals surface area contributed by atoms with Crippen LogP contribution < -0.4 is 0 Å². The molecule has 0 spiro atoms. The smallest absolute Gasteiger partial charge is 0.194 e. The molecule has 0 unspecified atom stereocenters. The molecule has 2 heterocycles. The van der Waals surface area contributed by atoms with Crippen molar-refractivity contribution < 1.29 is 0 Å². The third-order valence-corrected chi connectivity index (χ3v) is 9.77. The van der Waals surface area contributed by atoms with Gasteiger partial charge in [-0.1, -0.05) is 115 Å². The van der Waals surface area contributed by atoms with Crippen molar-refractivity contribution in [1.82, 2.24) is 19.5 Å². The summed E-state index contributed by atoms with van der Waals surface area (Å²) in [4.78, 5) is 18.8. The number of benzene rings is 7. The quantitative estimate of drug-likeness (QED) is 0.161. The summed E-state index contributed by atoms with van der Waals surface area (Å²) in [6.45, 7) is 7.84. The topological polar surface area (TPSA) is 95.5 Å². The molecule has 254 valence electrons. The highest BCUT2D eigenvalue weighted by Crippen LogP contribution is 2.41. The summed E-state index contributed by atoms with van der Waals surface area (Å²) in [5.74, 6) is 1.46. The van der Waals surface area contributed by atoms with Crippen molar-refractivity contribution in [2.45, 2.75) is 0 Å². The van der Waals surface area contributed by atoms with Crippen molar-refractivity contribution in [3.63, 3.8) is 0 Å². The molecule has 0 bridgehead atoms. The maximum atomic E-state index is 10.1. The van der Waals surface area contributed by atoms with Crippen molar-refractivity contribution in [3.8, 4) is 74.2 Å². The van der Waals surface area contributed by atoms with Gasteiger partial charge in [-0.3, -0.25) is 0 Å². The molecule has 0 aliphatic rings. The van der Waals surface area contributed by atoms with Crippen LogP contribution in [-0.2, 0) is 0 Å². The third kappa shape index (κ3) is 5.83. The first-order valence-corrected chi connectivity index (χ1v) is 17.6. The first-order valence-electron chi connectivity index (χ1n) is 17.6. The van der Waals surface area contributed by atoms with Gasteiger partial charge in [0, 0.05) is 27.5 Å². The lowest BCUT2D eigenvalue weighted by Crippen LogP contribution is -2.04. The van der Waals surface area contributed by atoms with Crippen LogP contribution in [0.5, 0.6) is 0 Å². The highest BCUT2D eigenvalue weighted by Gasteiger charge is 2.21. The van der Waals surface area contributed by atoms with Crippen LogP contribution >= 0.6 is 0 Å². The maximum Gasteiger partial charge on any atom is 0.194 e. The third-order valence-electron chi connectivity index (χ3n) is 9.77. The van der Waals surface area contributed by atoms with Gasteiger partial charge in [-0.25, -0.2) is 19.8 Å². The van der Waals surface area contributed by atoms with E-state index in [9.17, 15) is 10.5 Å². The fraction of sp³-hybridized carbons (Fsp3) is 0. The van der Waals surface area contributed by atoms with Gasteiger partial charge < -0.3 is 4.57 Å². The number of fused-ring (bicyclic) bond motifs is 3. The Labute approximate surface area is 317 Å². The van der Waals surface area contributed by atoms with Gasteiger partial charge in [0.05, 0.1) is 46.6 Å². The Morgan fingerprint density at radius 2 is 1.02 bits per heavy atom. The summed E-state index contributed by atoms with van der Waals surface area (Å²) >= 11 is 0. The average Bonchev–Trinajstić information content (AvgIpc) is 3.59. The molecule has 0 amide bonds. The predicted octanol–water partition coefficient (Wildman–Crippen LogP) is 11.6. The van der Waals surface area contributed by atoms with Crippen LogP contribution in [0.15, 0.2) is 164 Å². The van der Waals surface area contributed by atoms with Gasteiger partial charge in [-0.2, -0.15) is 10.5 Å². The van der Waals surface area contributed by atoms with Crippen LogP contribution in [0.4, 0.5) is 5.69 Å². The van der Waals surface area contributed by atoms with Crippen molar-refractivity contribution >= 4 is 27.5 Å². The molecule has 0 aliphatic carbocycles. The second kappa shape index (κ2) is 13.7. The Kier molecular flexibility index (Phi) is 8.18. The molecule has 0 fully saturated rings. The molecule has 0 radical (unpaired) electrons. The maximum absolute atomic E-state index is 10.1. The molecule has 7 heteroatoms. The van der Waals surface area contributed by atoms with Crippen LogP contribution in [0.25, 0.3) is 88.8 Å². The van der Waals surface area contributed by atoms with Gasteiger partial charge in [0.2, 0.25) is 0 Å². The Hall–Kier alpha value is -8.18. The summed E-state index contributed by atoms with van der Waals surface area (Å²) in [7, 11) is 0. The lowest BCUT2D eigenvalue weighted by atomic mass is 9.97. The summed E-state index contributed by atoms with van der Waals surface area (Å²) in [6, 6.07) is 57.6. The van der Waals surface area contributed by atoms with E-state index in [1.807, 2.05) is 140 Å². The number of rotatable bonds is 6. The van der Waals surface area contributed by atoms with E-state index in [2.05, 4.69) is 45.8 Å². The van der Waals surface area contributed by atoms with E-state index in [1.165, 1.54) is 0 Å². The summed E-state index contributed by atoms with van der Waals surface area (Å²) in [5.41, 5.74) is 10.1. The fourth-order valence-corrected chi connectivity index (χ4v) is 7.17. The van der Waals surface area contributed by atoms with Crippen LogP contribution in [-0.4, -0.2) is 19.5 Å².